The zero-order valence-corrected chi connectivity index (χ0v) is 18.9. The van der Waals surface area contributed by atoms with E-state index in [9.17, 15) is 20.2 Å². The van der Waals surface area contributed by atoms with Gasteiger partial charge in [-0.3, -0.25) is 14.9 Å². The molecule has 0 radical (unpaired) electrons. The number of nitriles is 1. The normalized spacial score (nSPS) is 11.3. The highest BCUT2D eigenvalue weighted by Crippen LogP contribution is 2.29. The minimum Gasteiger partial charge on any atom is -0.340 e. The van der Waals surface area contributed by atoms with Crippen LogP contribution in [0.15, 0.2) is 78.4 Å². The summed E-state index contributed by atoms with van der Waals surface area (Å²) >= 11 is 5.89. The van der Waals surface area contributed by atoms with Crippen LogP contribution >= 0.6 is 11.6 Å². The van der Waals surface area contributed by atoms with Crippen LogP contribution in [0.2, 0.25) is 5.02 Å². The van der Waals surface area contributed by atoms with Gasteiger partial charge >= 0.3 is 0 Å². The van der Waals surface area contributed by atoms with Gasteiger partial charge in [-0.1, -0.05) is 41.9 Å². The predicted molar refractivity (Wildman–Crippen MR) is 133 cm³/mol. The van der Waals surface area contributed by atoms with Gasteiger partial charge in [-0.2, -0.15) is 5.26 Å². The Kier molecular flexibility index (Phi) is 6.44. The molecule has 168 valence electrons. The van der Waals surface area contributed by atoms with Crippen molar-refractivity contribution in [3.05, 3.63) is 110 Å². The summed E-state index contributed by atoms with van der Waals surface area (Å²) in [5, 5.41) is 24.8. The Bertz CT molecular complexity index is 1460. The van der Waals surface area contributed by atoms with Crippen molar-refractivity contribution in [2.75, 3.05) is 5.32 Å². The molecule has 0 aliphatic heterocycles. The van der Waals surface area contributed by atoms with E-state index in [1.807, 2.05) is 37.3 Å². The summed E-state index contributed by atoms with van der Waals surface area (Å²) in [4.78, 5) is 23.3. The summed E-state index contributed by atoms with van der Waals surface area (Å²) in [6, 6.07) is 22.8. The van der Waals surface area contributed by atoms with Crippen LogP contribution in [0.5, 0.6) is 0 Å². The maximum atomic E-state index is 12.8. The number of anilines is 1. The van der Waals surface area contributed by atoms with Gasteiger partial charge in [-0.25, -0.2) is 0 Å². The van der Waals surface area contributed by atoms with E-state index in [0.29, 0.717) is 17.3 Å². The number of nitro benzene ring substituents is 1. The quantitative estimate of drug-likeness (QED) is 0.159. The minimum absolute atomic E-state index is 0.0312. The summed E-state index contributed by atoms with van der Waals surface area (Å²) in [5.74, 6) is -0.517. The third-order valence-electron chi connectivity index (χ3n) is 5.52. The highest BCUT2D eigenvalue weighted by Gasteiger charge is 2.16. The van der Waals surface area contributed by atoms with Crippen molar-refractivity contribution in [3.63, 3.8) is 0 Å². The number of amides is 1. The number of carbonyl (C=O) groups excluding carboxylic acids is 1. The van der Waals surface area contributed by atoms with Crippen LogP contribution in [0.4, 0.5) is 11.4 Å². The Balaban J connectivity index is 1.71. The molecular formula is C26H19ClN4O3. The smallest absolute Gasteiger partial charge is 0.269 e. The van der Waals surface area contributed by atoms with Gasteiger partial charge in [0.1, 0.15) is 11.6 Å². The summed E-state index contributed by atoms with van der Waals surface area (Å²) in [6.07, 6.45) is 1.59. The Hall–Kier alpha value is -4.41. The molecule has 8 heteroatoms. The fraction of sp³-hybridized carbons (Fsp3) is 0.0769. The van der Waals surface area contributed by atoms with Gasteiger partial charge in [-0.15, -0.1) is 0 Å². The number of hydrogen-bond donors (Lipinski definition) is 1. The number of para-hydroxylation sites is 1. The van der Waals surface area contributed by atoms with Gasteiger partial charge in [0.15, 0.2) is 0 Å². The van der Waals surface area contributed by atoms with Crippen molar-refractivity contribution >= 4 is 45.9 Å². The van der Waals surface area contributed by atoms with Crippen molar-refractivity contribution < 1.29 is 9.72 Å². The lowest BCUT2D eigenvalue weighted by molar-refractivity contribution is -0.384. The van der Waals surface area contributed by atoms with Crippen LogP contribution < -0.4 is 5.32 Å². The number of carbonyl (C=O) groups is 1. The van der Waals surface area contributed by atoms with Crippen LogP contribution in [-0.2, 0) is 11.3 Å². The van der Waals surface area contributed by atoms with Crippen LogP contribution in [0.1, 0.15) is 16.8 Å². The van der Waals surface area contributed by atoms with Gasteiger partial charge in [0.25, 0.3) is 11.6 Å². The van der Waals surface area contributed by atoms with Crippen molar-refractivity contribution in [2.45, 2.75) is 13.5 Å². The maximum Gasteiger partial charge on any atom is 0.269 e. The first-order valence-corrected chi connectivity index (χ1v) is 10.7. The van der Waals surface area contributed by atoms with E-state index in [2.05, 4.69) is 9.88 Å². The summed E-state index contributed by atoms with van der Waals surface area (Å²) < 4.78 is 2.06. The van der Waals surface area contributed by atoms with E-state index in [4.69, 9.17) is 11.6 Å². The lowest BCUT2D eigenvalue weighted by Gasteiger charge is -2.09. The number of hydrogen-bond acceptors (Lipinski definition) is 4. The van der Waals surface area contributed by atoms with E-state index in [0.717, 1.165) is 27.7 Å². The van der Waals surface area contributed by atoms with Gasteiger partial charge in [0, 0.05) is 51.5 Å². The third-order valence-corrected chi connectivity index (χ3v) is 5.78. The number of halogens is 1. The Morgan fingerprint density at radius 1 is 1.12 bits per heavy atom. The number of nitrogens with one attached hydrogen (secondary N) is 1. The van der Waals surface area contributed by atoms with E-state index in [1.165, 1.54) is 12.1 Å². The molecule has 1 heterocycles. The van der Waals surface area contributed by atoms with Crippen molar-refractivity contribution in [1.82, 2.24) is 4.57 Å². The Labute approximate surface area is 200 Å². The molecule has 0 spiro atoms. The molecule has 7 nitrogen and oxygen atoms in total. The fourth-order valence-corrected chi connectivity index (χ4v) is 3.90. The summed E-state index contributed by atoms with van der Waals surface area (Å²) in [5.41, 5.74) is 3.99. The van der Waals surface area contributed by atoms with Gasteiger partial charge in [0.05, 0.1) is 4.92 Å². The lowest BCUT2D eigenvalue weighted by Crippen LogP contribution is -2.13. The highest BCUT2D eigenvalue weighted by atomic mass is 35.5. The van der Waals surface area contributed by atoms with E-state index >= 15 is 0 Å². The second-order valence-electron chi connectivity index (χ2n) is 7.66. The standard InChI is InChI=1S/C26H19ClN4O3/c1-17-24(14-19(15-28)26(32)29-21-10-8-20(27)9-11-21)23-4-2-3-5-25(23)30(17)16-18-6-12-22(13-7-18)31(33)34/h2-14H,16H2,1H3,(H,29,32)/b19-14-. The Morgan fingerprint density at radius 2 is 1.79 bits per heavy atom. The molecule has 0 aliphatic carbocycles. The number of benzene rings is 3. The van der Waals surface area contributed by atoms with Gasteiger partial charge in [0.2, 0.25) is 0 Å². The van der Waals surface area contributed by atoms with E-state index < -0.39 is 10.8 Å². The molecule has 0 bridgehead atoms. The first-order chi connectivity index (χ1) is 16.4. The topological polar surface area (TPSA) is 101 Å². The van der Waals surface area contributed by atoms with Crippen LogP contribution in [0.3, 0.4) is 0 Å². The van der Waals surface area contributed by atoms with Crippen molar-refractivity contribution in [1.29, 1.82) is 5.26 Å². The van der Waals surface area contributed by atoms with Crippen molar-refractivity contribution in [2.24, 2.45) is 0 Å². The molecule has 0 aliphatic rings. The van der Waals surface area contributed by atoms with Crippen LogP contribution in [0.25, 0.3) is 17.0 Å². The number of nitro groups is 1. The predicted octanol–water partition coefficient (Wildman–Crippen LogP) is 6.11. The van der Waals surface area contributed by atoms with Gasteiger partial charge < -0.3 is 9.88 Å². The molecule has 0 unspecified atom stereocenters. The molecule has 3 aromatic carbocycles. The van der Waals surface area contributed by atoms with Crippen molar-refractivity contribution in [3.8, 4) is 6.07 Å². The van der Waals surface area contributed by atoms with Crippen LogP contribution in [0, 0.1) is 28.4 Å². The second-order valence-corrected chi connectivity index (χ2v) is 8.09. The fourth-order valence-electron chi connectivity index (χ4n) is 3.77. The largest absolute Gasteiger partial charge is 0.340 e. The van der Waals surface area contributed by atoms with E-state index in [-0.39, 0.29) is 11.3 Å². The molecule has 0 saturated heterocycles. The number of aromatic nitrogens is 1. The highest BCUT2D eigenvalue weighted by molar-refractivity contribution is 6.30. The molecule has 1 N–H and O–H groups in total. The first-order valence-electron chi connectivity index (χ1n) is 10.4. The second kappa shape index (κ2) is 9.61. The molecule has 34 heavy (non-hydrogen) atoms. The number of rotatable bonds is 6. The average Bonchev–Trinajstić information content (AvgIpc) is 3.10. The zero-order valence-electron chi connectivity index (χ0n) is 18.2. The molecule has 0 saturated carbocycles. The first kappa shape index (κ1) is 22.8. The third kappa shape index (κ3) is 4.68. The number of nitrogens with zero attached hydrogens (tertiary/aromatic N) is 3. The molecule has 4 rings (SSSR count). The average molecular weight is 471 g/mol. The molecule has 4 aromatic rings. The minimum atomic E-state index is -0.517. The molecule has 0 fully saturated rings. The monoisotopic (exact) mass is 470 g/mol. The number of fused-ring (bicyclic) bond motifs is 1. The molecule has 0 atom stereocenters. The Morgan fingerprint density at radius 3 is 2.44 bits per heavy atom. The van der Waals surface area contributed by atoms with Gasteiger partial charge in [-0.05, 0) is 48.9 Å². The molecular weight excluding hydrogens is 452 g/mol. The number of non-ortho nitro benzene ring substituents is 1. The van der Waals surface area contributed by atoms with E-state index in [1.54, 1.807) is 42.5 Å². The SMILES string of the molecule is Cc1c(/C=C(/C#N)C(=O)Nc2ccc(Cl)cc2)c2ccccc2n1Cc1ccc([N+](=O)[O-])cc1. The summed E-state index contributed by atoms with van der Waals surface area (Å²) in [6.45, 7) is 2.40. The summed E-state index contributed by atoms with van der Waals surface area (Å²) in [7, 11) is 0. The maximum absolute atomic E-state index is 12.8. The zero-order chi connectivity index (χ0) is 24.2. The van der Waals surface area contributed by atoms with Crippen LogP contribution in [-0.4, -0.2) is 15.4 Å². The molecule has 1 aromatic heterocycles. The molecule has 1 amide bonds. The lowest BCUT2D eigenvalue weighted by atomic mass is 10.1.